The maximum Gasteiger partial charge on any atom is 0.293 e. The Balaban J connectivity index is 1.51. The molecule has 0 atom stereocenters. The predicted octanol–water partition coefficient (Wildman–Crippen LogP) is 3.23. The molecule has 1 N–H and O–H groups in total. The second kappa shape index (κ2) is 6.65. The van der Waals surface area contributed by atoms with Crippen LogP contribution in [-0.4, -0.2) is 24.5 Å². The number of benzene rings is 1. The number of sulfone groups is 1. The van der Waals surface area contributed by atoms with Crippen molar-refractivity contribution in [2.24, 2.45) is 0 Å². The Labute approximate surface area is 154 Å². The van der Waals surface area contributed by atoms with Crippen molar-refractivity contribution in [3.63, 3.8) is 0 Å². The second-order valence-corrected chi connectivity index (χ2v) is 9.02. The molecule has 2 heterocycles. The van der Waals surface area contributed by atoms with Crippen LogP contribution in [0, 0.1) is 0 Å². The summed E-state index contributed by atoms with van der Waals surface area (Å²) in [6, 6.07) is 9.59. The normalized spacial score (nSPS) is 14.3. The van der Waals surface area contributed by atoms with Gasteiger partial charge in [0.2, 0.25) is 5.13 Å². The Kier molecular flexibility index (Phi) is 4.33. The first-order valence-electron chi connectivity index (χ1n) is 8.02. The quantitative estimate of drug-likeness (QED) is 0.694. The van der Waals surface area contributed by atoms with Crippen LogP contribution in [-0.2, 0) is 15.6 Å². The van der Waals surface area contributed by atoms with E-state index in [9.17, 15) is 13.2 Å². The zero-order valence-electron chi connectivity index (χ0n) is 13.6. The number of nitrogens with one attached hydrogen (secondary N) is 1. The number of nitrogens with zero attached hydrogens (tertiary/aromatic N) is 2. The number of hydrogen-bond donors (Lipinski definition) is 1. The molecule has 2 aromatic heterocycles. The van der Waals surface area contributed by atoms with E-state index >= 15 is 0 Å². The Morgan fingerprint density at radius 1 is 1.19 bits per heavy atom. The van der Waals surface area contributed by atoms with Gasteiger partial charge in [0, 0.05) is 11.5 Å². The van der Waals surface area contributed by atoms with E-state index in [4.69, 9.17) is 4.42 Å². The van der Waals surface area contributed by atoms with Crippen LogP contribution in [0.25, 0.3) is 0 Å². The predicted molar refractivity (Wildman–Crippen MR) is 95.9 cm³/mol. The zero-order chi connectivity index (χ0) is 18.1. The summed E-state index contributed by atoms with van der Waals surface area (Å²) in [4.78, 5) is 12.7. The molecule has 9 heteroatoms. The minimum absolute atomic E-state index is 0.0346. The van der Waals surface area contributed by atoms with Crippen molar-refractivity contribution in [1.82, 2.24) is 10.2 Å². The van der Waals surface area contributed by atoms with E-state index in [1.165, 1.54) is 35.8 Å². The molecule has 3 aromatic rings. The van der Waals surface area contributed by atoms with Crippen molar-refractivity contribution >= 4 is 32.2 Å². The Hall–Kier alpha value is -2.52. The summed E-state index contributed by atoms with van der Waals surface area (Å²) in [6.45, 7) is 0. The third-order valence-corrected chi connectivity index (χ3v) is 6.67. The van der Waals surface area contributed by atoms with Gasteiger partial charge in [0.05, 0.1) is 16.9 Å². The summed E-state index contributed by atoms with van der Waals surface area (Å²) in [5.41, 5.74) is 0.304. The van der Waals surface area contributed by atoms with Crippen LogP contribution in [0.4, 0.5) is 5.13 Å². The third-order valence-electron chi connectivity index (χ3n) is 3.99. The van der Waals surface area contributed by atoms with E-state index in [1.807, 2.05) is 0 Å². The van der Waals surface area contributed by atoms with Crippen LogP contribution in [0.3, 0.4) is 0 Å². The molecule has 134 valence electrons. The lowest BCUT2D eigenvalue weighted by Crippen LogP contribution is -2.14. The molecule has 1 aliphatic carbocycles. The summed E-state index contributed by atoms with van der Waals surface area (Å²) in [7, 11) is -3.58. The van der Waals surface area contributed by atoms with Gasteiger partial charge in [0.15, 0.2) is 15.6 Å². The molecule has 4 rings (SSSR count). The van der Waals surface area contributed by atoms with Gasteiger partial charge in [-0.3, -0.25) is 10.1 Å². The fourth-order valence-corrected chi connectivity index (χ4v) is 4.78. The van der Waals surface area contributed by atoms with Gasteiger partial charge in [-0.15, -0.1) is 10.2 Å². The first kappa shape index (κ1) is 16.9. The molecular formula is C17H15N3O4S2. The van der Waals surface area contributed by atoms with Crippen LogP contribution >= 0.6 is 11.3 Å². The molecule has 1 amide bonds. The van der Waals surface area contributed by atoms with E-state index in [0.717, 1.165) is 17.8 Å². The van der Waals surface area contributed by atoms with Gasteiger partial charge in [-0.2, -0.15) is 0 Å². The van der Waals surface area contributed by atoms with Crippen LogP contribution < -0.4 is 5.32 Å². The van der Waals surface area contributed by atoms with E-state index in [1.54, 1.807) is 18.2 Å². The molecule has 7 nitrogen and oxygen atoms in total. The summed E-state index contributed by atoms with van der Waals surface area (Å²) in [6.07, 6.45) is 3.50. The molecule has 1 fully saturated rings. The molecule has 0 aliphatic heterocycles. The van der Waals surface area contributed by atoms with Gasteiger partial charge in [0.1, 0.15) is 5.01 Å². The summed E-state index contributed by atoms with van der Waals surface area (Å²) >= 11 is 1.33. The van der Waals surface area contributed by atoms with Crippen molar-refractivity contribution in [3.05, 3.63) is 59.0 Å². The average molecular weight is 389 g/mol. The Morgan fingerprint density at radius 3 is 2.69 bits per heavy atom. The number of hydrogen-bond acceptors (Lipinski definition) is 7. The summed E-state index contributed by atoms with van der Waals surface area (Å²) in [5.74, 6) is -0.438. The molecule has 26 heavy (non-hydrogen) atoms. The van der Waals surface area contributed by atoms with Gasteiger partial charge in [0.25, 0.3) is 5.91 Å². The first-order valence-corrected chi connectivity index (χ1v) is 10.5. The minimum atomic E-state index is -3.58. The van der Waals surface area contributed by atoms with Crippen LogP contribution in [0.5, 0.6) is 0 Å². The largest absolute Gasteiger partial charge is 0.459 e. The highest BCUT2D eigenvalue weighted by Crippen LogP contribution is 2.42. The molecular weight excluding hydrogens is 374 g/mol. The highest BCUT2D eigenvalue weighted by atomic mass is 32.2. The van der Waals surface area contributed by atoms with Crippen molar-refractivity contribution < 1.29 is 17.6 Å². The van der Waals surface area contributed by atoms with Gasteiger partial charge in [-0.25, -0.2) is 8.42 Å². The van der Waals surface area contributed by atoms with Gasteiger partial charge in [-0.1, -0.05) is 29.5 Å². The number of carbonyl (C=O) groups excluding carboxylic acids is 1. The summed E-state index contributed by atoms with van der Waals surface area (Å²) in [5, 5.41) is 11.9. The molecule has 0 unspecified atom stereocenters. The van der Waals surface area contributed by atoms with Gasteiger partial charge >= 0.3 is 0 Å². The minimum Gasteiger partial charge on any atom is -0.459 e. The number of rotatable bonds is 6. The molecule has 1 saturated carbocycles. The third kappa shape index (κ3) is 3.54. The highest BCUT2D eigenvalue weighted by molar-refractivity contribution is 7.90. The van der Waals surface area contributed by atoms with Crippen molar-refractivity contribution in [2.75, 3.05) is 5.32 Å². The topological polar surface area (TPSA) is 102 Å². The molecule has 0 saturated heterocycles. The lowest BCUT2D eigenvalue weighted by atomic mass is 10.3. The Bertz CT molecular complexity index is 1040. The van der Waals surface area contributed by atoms with Crippen molar-refractivity contribution in [3.8, 4) is 0 Å². The van der Waals surface area contributed by atoms with Crippen LogP contribution in [0.15, 0.2) is 52.0 Å². The van der Waals surface area contributed by atoms with E-state index < -0.39 is 15.7 Å². The number of amides is 1. The standard InChI is InChI=1S/C17H15N3O4S2/c21-15(18-17-20-19-16(25-17)11-6-7-11)14-12(8-9-24-14)10-26(22,23)13-4-2-1-3-5-13/h1-5,8-9,11H,6-7,10H2,(H,18,20,21). The second-order valence-electron chi connectivity index (χ2n) is 6.02. The lowest BCUT2D eigenvalue weighted by Gasteiger charge is -2.05. The zero-order valence-corrected chi connectivity index (χ0v) is 15.2. The number of aromatic nitrogens is 2. The molecule has 0 bridgehead atoms. The van der Waals surface area contributed by atoms with Crippen molar-refractivity contribution in [1.29, 1.82) is 0 Å². The Morgan fingerprint density at radius 2 is 1.96 bits per heavy atom. The lowest BCUT2D eigenvalue weighted by molar-refractivity contribution is 0.0995. The summed E-state index contributed by atoms with van der Waals surface area (Å²) < 4.78 is 30.3. The fraction of sp³-hybridized carbons (Fsp3) is 0.235. The van der Waals surface area contributed by atoms with Crippen LogP contribution in [0.1, 0.15) is 39.9 Å². The molecule has 0 spiro atoms. The molecule has 0 radical (unpaired) electrons. The maximum atomic E-state index is 12.5. The fourth-order valence-electron chi connectivity index (χ4n) is 2.50. The number of carbonyl (C=O) groups is 1. The van der Waals surface area contributed by atoms with E-state index in [-0.39, 0.29) is 16.4 Å². The van der Waals surface area contributed by atoms with E-state index in [2.05, 4.69) is 15.5 Å². The smallest absolute Gasteiger partial charge is 0.293 e. The highest BCUT2D eigenvalue weighted by Gasteiger charge is 2.28. The average Bonchev–Trinajstić information content (AvgIpc) is 3.21. The van der Waals surface area contributed by atoms with Crippen molar-refractivity contribution in [2.45, 2.75) is 29.4 Å². The van der Waals surface area contributed by atoms with E-state index in [0.29, 0.717) is 16.6 Å². The number of furan rings is 1. The molecule has 1 aliphatic rings. The van der Waals surface area contributed by atoms with Gasteiger partial charge < -0.3 is 4.42 Å². The molecule has 1 aromatic carbocycles. The first-order chi connectivity index (χ1) is 12.5. The van der Waals surface area contributed by atoms with Crippen LogP contribution in [0.2, 0.25) is 0 Å². The monoisotopic (exact) mass is 389 g/mol. The number of anilines is 1. The van der Waals surface area contributed by atoms with Gasteiger partial charge in [-0.05, 0) is 31.0 Å². The maximum absolute atomic E-state index is 12.5. The SMILES string of the molecule is O=C(Nc1nnc(C2CC2)s1)c1occc1CS(=O)(=O)c1ccccc1.